The topological polar surface area (TPSA) is 149 Å². The van der Waals surface area contributed by atoms with Crippen molar-refractivity contribution in [2.45, 2.75) is 365 Å². The van der Waals surface area contributed by atoms with Crippen molar-refractivity contribution in [2.75, 3.05) is 13.2 Å². The second-order valence-electron chi connectivity index (χ2n) is 23.9. The Morgan fingerprint density at radius 1 is 0.432 bits per heavy atom. The van der Waals surface area contributed by atoms with Gasteiger partial charge in [-0.3, -0.25) is 4.79 Å². The lowest BCUT2D eigenvalue weighted by Crippen LogP contribution is -2.60. The van der Waals surface area contributed by atoms with Crippen LogP contribution in [0.25, 0.3) is 0 Å². The van der Waals surface area contributed by atoms with E-state index < -0.39 is 49.5 Å². The Morgan fingerprint density at radius 2 is 0.778 bits per heavy atom. The molecule has 1 rings (SSSR count). The highest BCUT2D eigenvalue weighted by molar-refractivity contribution is 5.76. The summed E-state index contributed by atoms with van der Waals surface area (Å²) in [4.78, 5) is 13.1. The number of amides is 1. The first kappa shape index (κ1) is 76.6. The van der Waals surface area contributed by atoms with Gasteiger partial charge in [0.15, 0.2) is 6.29 Å². The first-order valence-electron chi connectivity index (χ1n) is 34.7. The Balaban J connectivity index is 2.10. The predicted octanol–water partition coefficient (Wildman–Crippen LogP) is 18.8. The smallest absolute Gasteiger partial charge is 0.220 e. The fraction of sp³-hybridized carbons (Fsp3) is 0.819. The summed E-state index contributed by atoms with van der Waals surface area (Å²) in [7, 11) is 0. The van der Waals surface area contributed by atoms with Crippen LogP contribution in [0.3, 0.4) is 0 Å². The summed E-state index contributed by atoms with van der Waals surface area (Å²) in [6.07, 6.45) is 78.7. The SMILES string of the molecule is CC/C=C\C/C=C\C/C=C\C/C=C\CCCCCCCCCCCCCCCCCCCCCCCCCCC(=O)NC(COC1OC(CO)C(O)C(O)C1O)C(O)/C=C/CC/C=C/CCCCCCCCCCCCCCCCC. The number of allylic oxidation sites excluding steroid dienone is 11. The second-order valence-corrected chi connectivity index (χ2v) is 23.9. The van der Waals surface area contributed by atoms with Crippen LogP contribution >= 0.6 is 0 Å². The third kappa shape index (κ3) is 49.6. The van der Waals surface area contributed by atoms with E-state index in [1.807, 2.05) is 6.08 Å². The van der Waals surface area contributed by atoms with Crippen molar-refractivity contribution in [3.05, 3.63) is 72.9 Å². The number of rotatable bonds is 60. The summed E-state index contributed by atoms with van der Waals surface area (Å²) in [6, 6.07) is -0.823. The molecule has 1 fully saturated rings. The van der Waals surface area contributed by atoms with E-state index in [-0.39, 0.29) is 12.5 Å². The molecule has 0 saturated carbocycles. The minimum absolute atomic E-state index is 0.182. The first-order chi connectivity index (χ1) is 39.8. The number of unbranched alkanes of at least 4 members (excludes halogenated alkanes) is 40. The Bertz CT molecular complexity index is 1510. The number of hydrogen-bond donors (Lipinski definition) is 6. The molecule has 6 N–H and O–H groups in total. The zero-order valence-electron chi connectivity index (χ0n) is 52.8. The predicted molar refractivity (Wildman–Crippen MR) is 345 cm³/mol. The van der Waals surface area contributed by atoms with Crippen LogP contribution in [0.2, 0.25) is 0 Å². The molecule has 7 atom stereocenters. The fourth-order valence-electron chi connectivity index (χ4n) is 10.9. The average molecular weight is 1140 g/mol. The third-order valence-electron chi connectivity index (χ3n) is 16.3. The van der Waals surface area contributed by atoms with Crippen LogP contribution < -0.4 is 5.32 Å². The van der Waals surface area contributed by atoms with Crippen molar-refractivity contribution in [1.82, 2.24) is 5.32 Å². The molecule has 7 unspecified atom stereocenters. The standard InChI is InChI=1S/C72H131NO8/c1-3-5-7-9-11-13-15-17-19-21-23-25-26-27-28-29-30-31-32-33-34-35-36-37-38-39-40-42-44-46-48-50-52-54-56-58-60-62-68(76)73-65(64-80-72-71(79)70(78)69(77)67(63-74)81-72)66(75)61-59-57-55-53-51-49-47-45-43-41-24-22-20-18-16-14-12-10-8-6-4-2/h5,7,11,13,17,19,23,25,51,53,59,61,65-67,69-72,74-75,77-79H,3-4,6,8-10,12,14-16,18,20-22,24,26-50,52,54-58,60,62-64H2,1-2H3,(H,73,76)/b7-5-,13-11-,19-17-,25-23-,53-51+,61-59+. The zero-order chi connectivity index (χ0) is 58.6. The van der Waals surface area contributed by atoms with Gasteiger partial charge in [-0.1, -0.05) is 318 Å². The molecule has 1 aliphatic heterocycles. The lowest BCUT2D eigenvalue weighted by Gasteiger charge is -2.40. The molecule has 0 aromatic rings. The molecule has 472 valence electrons. The van der Waals surface area contributed by atoms with E-state index in [2.05, 4.69) is 79.9 Å². The molecule has 1 amide bonds. The highest BCUT2D eigenvalue weighted by atomic mass is 16.7. The van der Waals surface area contributed by atoms with Gasteiger partial charge in [-0.15, -0.1) is 0 Å². The summed E-state index contributed by atoms with van der Waals surface area (Å²) in [5.41, 5.74) is 0. The number of ether oxygens (including phenoxy) is 2. The van der Waals surface area contributed by atoms with E-state index in [0.717, 1.165) is 64.2 Å². The van der Waals surface area contributed by atoms with E-state index >= 15 is 0 Å². The fourth-order valence-corrected chi connectivity index (χ4v) is 10.9. The maximum Gasteiger partial charge on any atom is 0.220 e. The summed E-state index contributed by atoms with van der Waals surface area (Å²) < 4.78 is 11.3. The highest BCUT2D eigenvalue weighted by Gasteiger charge is 2.44. The summed E-state index contributed by atoms with van der Waals surface area (Å²) in [5, 5.41) is 54.7. The van der Waals surface area contributed by atoms with Gasteiger partial charge in [0.2, 0.25) is 5.91 Å². The maximum absolute atomic E-state index is 13.1. The van der Waals surface area contributed by atoms with Crippen molar-refractivity contribution >= 4 is 5.91 Å². The maximum atomic E-state index is 13.1. The van der Waals surface area contributed by atoms with E-state index in [9.17, 15) is 30.3 Å². The molecule has 9 nitrogen and oxygen atoms in total. The van der Waals surface area contributed by atoms with Crippen molar-refractivity contribution in [3.63, 3.8) is 0 Å². The van der Waals surface area contributed by atoms with E-state index in [1.54, 1.807) is 6.08 Å². The van der Waals surface area contributed by atoms with Gasteiger partial charge in [0.05, 0.1) is 25.4 Å². The van der Waals surface area contributed by atoms with Crippen molar-refractivity contribution in [3.8, 4) is 0 Å². The van der Waals surface area contributed by atoms with Gasteiger partial charge in [0.25, 0.3) is 0 Å². The van der Waals surface area contributed by atoms with Crippen LogP contribution in [0.15, 0.2) is 72.9 Å². The molecule has 0 aromatic carbocycles. The molecule has 1 aliphatic rings. The van der Waals surface area contributed by atoms with Crippen molar-refractivity contribution in [2.24, 2.45) is 0 Å². The zero-order valence-corrected chi connectivity index (χ0v) is 52.8. The van der Waals surface area contributed by atoms with E-state index in [4.69, 9.17) is 9.47 Å². The van der Waals surface area contributed by atoms with Crippen molar-refractivity contribution < 1.29 is 39.8 Å². The number of aliphatic hydroxyl groups is 5. The molecule has 0 radical (unpaired) electrons. The molecule has 0 aromatic heterocycles. The molecule has 1 heterocycles. The molecule has 0 bridgehead atoms. The monoisotopic (exact) mass is 1140 g/mol. The lowest BCUT2D eigenvalue weighted by atomic mass is 9.99. The number of nitrogens with one attached hydrogen (secondary N) is 1. The number of carbonyl (C=O) groups is 1. The van der Waals surface area contributed by atoms with Crippen LogP contribution in [0.4, 0.5) is 0 Å². The number of aliphatic hydroxyl groups excluding tert-OH is 5. The van der Waals surface area contributed by atoms with Crippen LogP contribution in [0.1, 0.15) is 322 Å². The molecule has 81 heavy (non-hydrogen) atoms. The summed E-state index contributed by atoms with van der Waals surface area (Å²) in [6.45, 7) is 3.69. The van der Waals surface area contributed by atoms with Gasteiger partial charge in [0.1, 0.15) is 24.4 Å². The summed E-state index contributed by atoms with van der Waals surface area (Å²) >= 11 is 0. The average Bonchev–Trinajstić information content (AvgIpc) is 3.49. The molecule has 0 aliphatic carbocycles. The Kier molecular flexibility index (Phi) is 57.5. The normalized spacial score (nSPS) is 18.8. The van der Waals surface area contributed by atoms with Crippen LogP contribution in [-0.2, 0) is 14.3 Å². The molecular formula is C72H131NO8. The van der Waals surface area contributed by atoms with Gasteiger partial charge in [-0.25, -0.2) is 0 Å². The Hall–Kier alpha value is -2.37. The summed E-state index contributed by atoms with van der Waals surface area (Å²) in [5.74, 6) is -0.182. The van der Waals surface area contributed by atoms with E-state index in [1.165, 1.54) is 238 Å². The molecule has 0 spiro atoms. The molecular weight excluding hydrogens is 1010 g/mol. The minimum Gasteiger partial charge on any atom is -0.394 e. The van der Waals surface area contributed by atoms with Crippen LogP contribution in [0.5, 0.6) is 0 Å². The molecule has 1 saturated heterocycles. The number of carbonyl (C=O) groups excluding carboxylic acids is 1. The Morgan fingerprint density at radius 3 is 1.19 bits per heavy atom. The molecule has 9 heteroatoms. The van der Waals surface area contributed by atoms with Crippen LogP contribution in [-0.4, -0.2) is 87.5 Å². The van der Waals surface area contributed by atoms with Gasteiger partial charge in [-0.05, 0) is 70.6 Å². The van der Waals surface area contributed by atoms with E-state index in [0.29, 0.717) is 6.42 Å². The third-order valence-corrected chi connectivity index (χ3v) is 16.3. The van der Waals surface area contributed by atoms with Gasteiger partial charge >= 0.3 is 0 Å². The van der Waals surface area contributed by atoms with Gasteiger partial charge in [-0.2, -0.15) is 0 Å². The van der Waals surface area contributed by atoms with Gasteiger partial charge < -0.3 is 40.3 Å². The first-order valence-corrected chi connectivity index (χ1v) is 34.7. The second kappa shape index (κ2) is 60.7. The highest BCUT2D eigenvalue weighted by Crippen LogP contribution is 2.23. The quantitative estimate of drug-likeness (QED) is 0.0261. The van der Waals surface area contributed by atoms with Gasteiger partial charge in [0, 0.05) is 6.42 Å². The van der Waals surface area contributed by atoms with Crippen molar-refractivity contribution in [1.29, 1.82) is 0 Å². The largest absolute Gasteiger partial charge is 0.394 e. The minimum atomic E-state index is -1.57. The lowest BCUT2D eigenvalue weighted by molar-refractivity contribution is -0.302. The Labute approximate surface area is 499 Å². The van der Waals surface area contributed by atoms with Crippen LogP contribution in [0, 0.1) is 0 Å². The number of hydrogen-bond acceptors (Lipinski definition) is 8.